The minimum absolute atomic E-state index is 0.345. The first-order valence-electron chi connectivity index (χ1n) is 8.38. The fraction of sp³-hybridized carbons (Fsp3) is 0.529. The van der Waals surface area contributed by atoms with E-state index in [4.69, 9.17) is 4.98 Å². The monoisotopic (exact) mass is 359 g/mol. The number of hydrogen-bond donors (Lipinski definition) is 1. The van der Waals surface area contributed by atoms with Crippen LogP contribution < -0.4 is 15.1 Å². The molecule has 0 aromatic carbocycles. The molecule has 0 spiro atoms. The number of thioether (sulfide) groups is 1. The van der Waals surface area contributed by atoms with E-state index < -0.39 is 0 Å². The second kappa shape index (κ2) is 7.43. The summed E-state index contributed by atoms with van der Waals surface area (Å²) >= 11 is 1.59. The Kier molecular flexibility index (Phi) is 5.27. The van der Waals surface area contributed by atoms with E-state index in [9.17, 15) is 0 Å². The van der Waals surface area contributed by atoms with Crippen molar-refractivity contribution in [1.82, 2.24) is 19.9 Å². The second-order valence-corrected chi connectivity index (χ2v) is 7.25. The predicted octanol–water partition coefficient (Wildman–Crippen LogP) is 2.36. The van der Waals surface area contributed by atoms with Crippen molar-refractivity contribution < 1.29 is 0 Å². The second-order valence-electron chi connectivity index (χ2n) is 6.48. The highest BCUT2D eigenvalue weighted by Crippen LogP contribution is 2.27. The first-order chi connectivity index (χ1) is 12.0. The summed E-state index contributed by atoms with van der Waals surface area (Å²) in [5.41, 5.74) is 2.22. The average molecular weight is 360 g/mol. The highest BCUT2D eigenvalue weighted by atomic mass is 32.2. The SMILES string of the molecule is CSc1nc(C)c(C)c(N2CCC(Nc3cc(N(C)C)ncn3)C2)n1. The van der Waals surface area contributed by atoms with Gasteiger partial charge in [0.1, 0.15) is 23.8 Å². The Labute approximate surface area is 153 Å². The number of aromatic nitrogens is 4. The van der Waals surface area contributed by atoms with Crippen molar-refractivity contribution in [3.8, 4) is 0 Å². The Morgan fingerprint density at radius 2 is 2.04 bits per heavy atom. The number of hydrogen-bond acceptors (Lipinski definition) is 8. The van der Waals surface area contributed by atoms with Gasteiger partial charge in [-0.2, -0.15) is 0 Å². The molecule has 0 amide bonds. The summed E-state index contributed by atoms with van der Waals surface area (Å²) in [7, 11) is 3.96. The van der Waals surface area contributed by atoms with Crippen LogP contribution in [-0.2, 0) is 0 Å². The van der Waals surface area contributed by atoms with Crippen LogP contribution in [0.5, 0.6) is 0 Å². The van der Waals surface area contributed by atoms with Crippen LogP contribution in [0.25, 0.3) is 0 Å². The Morgan fingerprint density at radius 1 is 1.24 bits per heavy atom. The first-order valence-corrected chi connectivity index (χ1v) is 9.60. The third-order valence-corrected chi connectivity index (χ3v) is 5.02. The van der Waals surface area contributed by atoms with E-state index in [0.717, 1.165) is 53.4 Å². The lowest BCUT2D eigenvalue weighted by molar-refractivity contribution is 0.794. The van der Waals surface area contributed by atoms with Gasteiger partial charge in [0.05, 0.1) is 0 Å². The van der Waals surface area contributed by atoms with Gasteiger partial charge in [0.2, 0.25) is 0 Å². The molecule has 2 aromatic rings. The van der Waals surface area contributed by atoms with Gasteiger partial charge in [-0.3, -0.25) is 0 Å². The molecule has 7 nitrogen and oxygen atoms in total. The zero-order chi connectivity index (χ0) is 18.0. The molecule has 1 fully saturated rings. The molecule has 1 aliphatic heterocycles. The number of anilines is 3. The van der Waals surface area contributed by atoms with Crippen molar-refractivity contribution in [2.24, 2.45) is 0 Å². The van der Waals surface area contributed by atoms with Crippen molar-refractivity contribution in [2.45, 2.75) is 31.5 Å². The van der Waals surface area contributed by atoms with E-state index in [1.165, 1.54) is 0 Å². The minimum Gasteiger partial charge on any atom is -0.365 e. The zero-order valence-electron chi connectivity index (χ0n) is 15.4. The molecule has 1 unspecified atom stereocenters. The van der Waals surface area contributed by atoms with Crippen LogP contribution in [0.2, 0.25) is 0 Å². The van der Waals surface area contributed by atoms with Crippen LogP contribution in [0.3, 0.4) is 0 Å². The van der Waals surface area contributed by atoms with Gasteiger partial charge in [0.25, 0.3) is 0 Å². The van der Waals surface area contributed by atoms with Crippen molar-refractivity contribution in [2.75, 3.05) is 48.6 Å². The lowest BCUT2D eigenvalue weighted by Crippen LogP contribution is -2.28. The van der Waals surface area contributed by atoms with E-state index in [0.29, 0.717) is 6.04 Å². The number of rotatable bonds is 5. The topological polar surface area (TPSA) is 70.1 Å². The normalized spacial score (nSPS) is 17.0. The average Bonchev–Trinajstić information content (AvgIpc) is 3.05. The molecule has 25 heavy (non-hydrogen) atoms. The molecule has 2 aromatic heterocycles. The first kappa shape index (κ1) is 17.7. The van der Waals surface area contributed by atoms with E-state index in [1.54, 1.807) is 18.1 Å². The van der Waals surface area contributed by atoms with Crippen LogP contribution in [0.1, 0.15) is 17.7 Å². The summed E-state index contributed by atoms with van der Waals surface area (Å²) in [5, 5.41) is 4.36. The van der Waals surface area contributed by atoms with Gasteiger partial charge in [0.15, 0.2) is 5.16 Å². The Hall–Kier alpha value is -2.09. The molecule has 134 valence electrons. The lowest BCUT2D eigenvalue weighted by atomic mass is 10.2. The van der Waals surface area contributed by atoms with Crippen LogP contribution in [0.15, 0.2) is 17.6 Å². The van der Waals surface area contributed by atoms with Crippen molar-refractivity contribution in [1.29, 1.82) is 0 Å². The van der Waals surface area contributed by atoms with Gasteiger partial charge in [-0.15, -0.1) is 0 Å². The molecule has 1 atom stereocenters. The molecule has 3 heterocycles. The fourth-order valence-electron chi connectivity index (χ4n) is 2.94. The Morgan fingerprint density at radius 3 is 2.76 bits per heavy atom. The van der Waals surface area contributed by atoms with Gasteiger partial charge < -0.3 is 15.1 Å². The summed E-state index contributed by atoms with van der Waals surface area (Å²) in [5.74, 6) is 2.82. The molecule has 3 rings (SSSR count). The zero-order valence-corrected chi connectivity index (χ0v) is 16.3. The Bertz CT molecular complexity index is 750. The molecular formula is C17H25N7S. The highest BCUT2D eigenvalue weighted by Gasteiger charge is 2.26. The van der Waals surface area contributed by atoms with E-state index >= 15 is 0 Å². The molecule has 1 saturated heterocycles. The summed E-state index contributed by atoms with van der Waals surface area (Å²) in [4.78, 5) is 22.2. The maximum Gasteiger partial charge on any atom is 0.189 e. The molecule has 0 radical (unpaired) electrons. The third kappa shape index (κ3) is 3.95. The number of aryl methyl sites for hydroxylation is 1. The smallest absolute Gasteiger partial charge is 0.189 e. The summed E-state index contributed by atoms with van der Waals surface area (Å²) < 4.78 is 0. The third-order valence-electron chi connectivity index (χ3n) is 4.48. The molecule has 0 bridgehead atoms. The maximum atomic E-state index is 4.73. The molecule has 0 aliphatic carbocycles. The van der Waals surface area contributed by atoms with Crippen molar-refractivity contribution >= 4 is 29.2 Å². The van der Waals surface area contributed by atoms with Gasteiger partial charge in [-0.1, -0.05) is 11.8 Å². The van der Waals surface area contributed by atoms with Crippen LogP contribution >= 0.6 is 11.8 Å². The van der Waals surface area contributed by atoms with Gasteiger partial charge in [-0.05, 0) is 26.5 Å². The molecule has 0 saturated carbocycles. The summed E-state index contributed by atoms with van der Waals surface area (Å²) in [6.45, 7) is 6.04. The summed E-state index contributed by atoms with van der Waals surface area (Å²) in [6, 6.07) is 2.33. The summed E-state index contributed by atoms with van der Waals surface area (Å²) in [6.07, 6.45) is 4.67. The van der Waals surface area contributed by atoms with E-state index in [-0.39, 0.29) is 0 Å². The minimum atomic E-state index is 0.345. The van der Waals surface area contributed by atoms with Crippen LogP contribution in [0, 0.1) is 13.8 Å². The number of nitrogens with one attached hydrogen (secondary N) is 1. The quantitative estimate of drug-likeness (QED) is 0.644. The van der Waals surface area contributed by atoms with Crippen LogP contribution in [0.4, 0.5) is 17.5 Å². The lowest BCUT2D eigenvalue weighted by Gasteiger charge is -2.21. The van der Waals surface area contributed by atoms with Gasteiger partial charge in [0, 0.05) is 50.6 Å². The predicted molar refractivity (Wildman–Crippen MR) is 104 cm³/mol. The largest absolute Gasteiger partial charge is 0.365 e. The molecule has 1 aliphatic rings. The number of nitrogens with zero attached hydrogens (tertiary/aromatic N) is 6. The van der Waals surface area contributed by atoms with Crippen molar-refractivity contribution in [3.63, 3.8) is 0 Å². The standard InChI is InChI=1S/C17H25N7S/c1-11-12(2)20-17(25-5)22-16(11)24-7-6-13(9-24)21-14-8-15(23(3)4)19-10-18-14/h8,10,13H,6-7,9H2,1-5H3,(H,18,19,21). The van der Waals surface area contributed by atoms with Crippen LogP contribution in [-0.4, -0.2) is 59.4 Å². The maximum absolute atomic E-state index is 4.73. The molecule has 8 heteroatoms. The van der Waals surface area contributed by atoms with E-state index in [2.05, 4.69) is 39.0 Å². The van der Waals surface area contributed by atoms with Gasteiger partial charge >= 0.3 is 0 Å². The molecular weight excluding hydrogens is 334 g/mol. The van der Waals surface area contributed by atoms with Gasteiger partial charge in [-0.25, -0.2) is 19.9 Å². The fourth-order valence-corrected chi connectivity index (χ4v) is 3.34. The van der Waals surface area contributed by atoms with E-state index in [1.807, 2.05) is 31.3 Å². The molecule has 1 N–H and O–H groups in total. The Balaban J connectivity index is 1.72. The van der Waals surface area contributed by atoms with Crippen molar-refractivity contribution in [3.05, 3.63) is 23.7 Å². The highest BCUT2D eigenvalue weighted by molar-refractivity contribution is 7.98.